The van der Waals surface area contributed by atoms with E-state index < -0.39 is 5.91 Å². The molecule has 0 aliphatic carbocycles. The molecule has 0 atom stereocenters. The molecule has 1 aromatic heterocycles. The lowest BCUT2D eigenvalue weighted by Crippen LogP contribution is -2.38. The van der Waals surface area contributed by atoms with Crippen LogP contribution in [0.25, 0.3) is 22.4 Å². The van der Waals surface area contributed by atoms with Crippen LogP contribution < -0.4 is 16.4 Å². The molecule has 0 fully saturated rings. The van der Waals surface area contributed by atoms with Crippen molar-refractivity contribution in [3.05, 3.63) is 101 Å². The highest BCUT2D eigenvalue weighted by atomic mass is 35.5. The maximum atomic E-state index is 13.1. The number of phenolic OH excluding ortho intramolecular Hbond substituents is 1. The van der Waals surface area contributed by atoms with Gasteiger partial charge in [-0.25, -0.2) is 4.98 Å². The van der Waals surface area contributed by atoms with Gasteiger partial charge in [0.2, 0.25) is 0 Å². The Hall–Kier alpha value is -4.71. The second kappa shape index (κ2) is 12.0. The molecule has 9 heteroatoms. The number of carbonyl (C=O) groups excluding carboxylic acids is 2. The average molecular weight is 554 g/mol. The zero-order valence-electron chi connectivity index (χ0n) is 22.0. The molecule has 202 valence electrons. The van der Waals surface area contributed by atoms with Gasteiger partial charge in [-0.2, -0.15) is 5.26 Å². The molecule has 0 aliphatic heterocycles. The molecule has 4 aromatic rings. The van der Waals surface area contributed by atoms with Crippen LogP contribution in [0.1, 0.15) is 40.1 Å². The van der Waals surface area contributed by atoms with E-state index in [1.54, 1.807) is 72.8 Å². The number of carbonyl (C=O) groups is 2. The molecule has 4 rings (SSSR count). The summed E-state index contributed by atoms with van der Waals surface area (Å²) in [6, 6.07) is 23.7. The highest BCUT2D eigenvalue weighted by Gasteiger charge is 2.21. The van der Waals surface area contributed by atoms with Crippen LogP contribution in [0.5, 0.6) is 5.75 Å². The summed E-state index contributed by atoms with van der Waals surface area (Å²) in [6.45, 7) is 4.71. The minimum absolute atomic E-state index is 0.0114. The summed E-state index contributed by atoms with van der Waals surface area (Å²) < 4.78 is 0. The number of phenols is 1. The molecule has 5 N–H and O–H groups in total. The van der Waals surface area contributed by atoms with Crippen LogP contribution in [0.2, 0.25) is 5.02 Å². The lowest BCUT2D eigenvalue weighted by atomic mass is 9.93. The van der Waals surface area contributed by atoms with Crippen molar-refractivity contribution in [1.82, 2.24) is 10.3 Å². The molecule has 40 heavy (non-hydrogen) atoms. The molecule has 3 aromatic carbocycles. The van der Waals surface area contributed by atoms with Gasteiger partial charge in [-0.05, 0) is 60.0 Å². The standard InChI is InChI=1S/C31H28ClN5O3/c1-31(2,17-34)18-35-29(39)20-9-7-8-19(14-20)23-15-26(22-11-4-6-13-27(22)38)36-28(24(23)16-33)37-30(40)21-10-3-5-12-25(21)32/h3-15,38H,17-18,34H2,1-2H3,(H,35,39)(H,36,37,40). The monoisotopic (exact) mass is 553 g/mol. The summed E-state index contributed by atoms with van der Waals surface area (Å²) >= 11 is 6.22. The second-order valence-electron chi connectivity index (χ2n) is 9.97. The number of hydrogen-bond donors (Lipinski definition) is 4. The van der Waals surface area contributed by atoms with Crippen molar-refractivity contribution in [1.29, 1.82) is 5.26 Å². The Bertz CT molecular complexity index is 1630. The first-order chi connectivity index (χ1) is 19.1. The SMILES string of the molecule is CC(C)(CN)CNC(=O)c1cccc(-c2cc(-c3ccccc3O)nc(NC(=O)c3ccccc3Cl)c2C#N)c1. The van der Waals surface area contributed by atoms with Crippen LogP contribution in [-0.4, -0.2) is 35.0 Å². The minimum Gasteiger partial charge on any atom is -0.507 e. The van der Waals surface area contributed by atoms with Gasteiger partial charge in [-0.15, -0.1) is 0 Å². The van der Waals surface area contributed by atoms with Crippen molar-refractivity contribution in [2.75, 3.05) is 18.4 Å². The van der Waals surface area contributed by atoms with E-state index >= 15 is 0 Å². The fourth-order valence-corrected chi connectivity index (χ4v) is 4.17. The van der Waals surface area contributed by atoms with Crippen molar-refractivity contribution < 1.29 is 14.7 Å². The Labute approximate surface area is 237 Å². The molecule has 0 radical (unpaired) electrons. The Morgan fingerprint density at radius 1 is 1.00 bits per heavy atom. The van der Waals surface area contributed by atoms with Crippen molar-refractivity contribution in [2.24, 2.45) is 11.1 Å². The van der Waals surface area contributed by atoms with Crippen LogP contribution in [-0.2, 0) is 0 Å². The van der Waals surface area contributed by atoms with Gasteiger partial charge in [0, 0.05) is 23.2 Å². The number of anilines is 1. The topological polar surface area (TPSA) is 141 Å². The average Bonchev–Trinajstić information content (AvgIpc) is 2.96. The highest BCUT2D eigenvalue weighted by Crippen LogP contribution is 2.36. The smallest absolute Gasteiger partial charge is 0.258 e. The van der Waals surface area contributed by atoms with E-state index in [1.165, 1.54) is 6.07 Å². The van der Waals surface area contributed by atoms with Crippen molar-refractivity contribution in [3.63, 3.8) is 0 Å². The minimum atomic E-state index is -0.550. The van der Waals surface area contributed by atoms with Gasteiger partial charge in [-0.1, -0.05) is 61.8 Å². The molecule has 8 nitrogen and oxygen atoms in total. The maximum absolute atomic E-state index is 13.1. The number of nitrogens with one attached hydrogen (secondary N) is 2. The molecule has 0 bridgehead atoms. The molecule has 0 spiro atoms. The molecule has 0 saturated heterocycles. The number of aromatic hydroxyl groups is 1. The molecule has 1 heterocycles. The number of halogens is 1. The van der Waals surface area contributed by atoms with Gasteiger partial charge in [0.05, 0.1) is 16.3 Å². The number of pyridine rings is 1. The van der Waals surface area contributed by atoms with Crippen molar-refractivity contribution >= 4 is 29.2 Å². The molecule has 0 saturated carbocycles. The zero-order chi connectivity index (χ0) is 28.9. The lowest BCUT2D eigenvalue weighted by Gasteiger charge is -2.22. The van der Waals surface area contributed by atoms with E-state index in [9.17, 15) is 20.0 Å². The quantitative estimate of drug-likeness (QED) is 0.223. The number of nitriles is 1. The third kappa shape index (κ3) is 6.29. The van der Waals surface area contributed by atoms with E-state index in [1.807, 2.05) is 13.8 Å². The first kappa shape index (κ1) is 28.3. The predicted octanol–water partition coefficient (Wildman–Crippen LogP) is 5.61. The number of nitrogens with two attached hydrogens (primary N) is 1. The summed E-state index contributed by atoms with van der Waals surface area (Å²) in [4.78, 5) is 30.6. The number of benzene rings is 3. The zero-order valence-corrected chi connectivity index (χ0v) is 22.8. The van der Waals surface area contributed by atoms with Crippen LogP contribution >= 0.6 is 11.6 Å². The van der Waals surface area contributed by atoms with E-state index in [0.717, 1.165) is 0 Å². The van der Waals surface area contributed by atoms with Crippen molar-refractivity contribution in [3.8, 4) is 34.2 Å². The van der Waals surface area contributed by atoms with Gasteiger partial charge in [0.1, 0.15) is 17.4 Å². The largest absolute Gasteiger partial charge is 0.507 e. The third-order valence-electron chi connectivity index (χ3n) is 6.38. The summed E-state index contributed by atoms with van der Waals surface area (Å²) in [5.74, 6) is -0.873. The molecule has 0 aliphatic rings. The first-order valence-corrected chi connectivity index (χ1v) is 12.9. The second-order valence-corrected chi connectivity index (χ2v) is 10.4. The predicted molar refractivity (Wildman–Crippen MR) is 156 cm³/mol. The number of aromatic nitrogens is 1. The van der Waals surface area contributed by atoms with Crippen molar-refractivity contribution in [2.45, 2.75) is 13.8 Å². The van der Waals surface area contributed by atoms with Gasteiger partial charge in [-0.3, -0.25) is 9.59 Å². The molecular weight excluding hydrogens is 526 g/mol. The number of nitrogens with zero attached hydrogens (tertiary/aromatic N) is 2. The highest BCUT2D eigenvalue weighted by molar-refractivity contribution is 6.34. The van der Waals surface area contributed by atoms with Crippen LogP contribution in [0.3, 0.4) is 0 Å². The van der Waals surface area contributed by atoms with E-state index in [4.69, 9.17) is 17.3 Å². The summed E-state index contributed by atoms with van der Waals surface area (Å²) in [5.41, 5.74) is 7.89. The Morgan fingerprint density at radius 3 is 2.42 bits per heavy atom. The molecule has 0 unspecified atom stereocenters. The number of amides is 2. The fourth-order valence-electron chi connectivity index (χ4n) is 3.95. The summed E-state index contributed by atoms with van der Waals surface area (Å²) in [6.07, 6.45) is 0. The summed E-state index contributed by atoms with van der Waals surface area (Å²) in [5, 5.41) is 26.6. The molecule has 2 amide bonds. The van der Waals surface area contributed by atoms with E-state index in [0.29, 0.717) is 41.0 Å². The van der Waals surface area contributed by atoms with Gasteiger partial charge < -0.3 is 21.5 Å². The molecular formula is C31H28ClN5O3. The number of hydrogen-bond acceptors (Lipinski definition) is 6. The number of rotatable bonds is 8. The van der Waals surface area contributed by atoms with Gasteiger partial charge >= 0.3 is 0 Å². The van der Waals surface area contributed by atoms with Crippen LogP contribution in [0.15, 0.2) is 78.9 Å². The maximum Gasteiger partial charge on any atom is 0.258 e. The van der Waals surface area contributed by atoms with Crippen LogP contribution in [0, 0.1) is 16.7 Å². The van der Waals surface area contributed by atoms with Gasteiger partial charge in [0.15, 0.2) is 5.82 Å². The Kier molecular flexibility index (Phi) is 8.49. The number of para-hydroxylation sites is 1. The fraction of sp³-hybridized carbons (Fsp3) is 0.161. The normalized spacial score (nSPS) is 11.0. The van der Waals surface area contributed by atoms with Gasteiger partial charge in [0.25, 0.3) is 11.8 Å². The lowest BCUT2D eigenvalue weighted by molar-refractivity contribution is 0.0937. The van der Waals surface area contributed by atoms with E-state index in [-0.39, 0.29) is 39.0 Å². The summed E-state index contributed by atoms with van der Waals surface area (Å²) in [7, 11) is 0. The Morgan fingerprint density at radius 2 is 1.73 bits per heavy atom. The third-order valence-corrected chi connectivity index (χ3v) is 6.71. The Balaban J connectivity index is 1.82. The van der Waals surface area contributed by atoms with Crippen LogP contribution in [0.4, 0.5) is 5.82 Å². The first-order valence-electron chi connectivity index (χ1n) is 12.5. The van der Waals surface area contributed by atoms with E-state index in [2.05, 4.69) is 21.7 Å².